The topological polar surface area (TPSA) is 111 Å². The fourth-order valence-corrected chi connectivity index (χ4v) is 4.30. The summed E-state index contributed by atoms with van der Waals surface area (Å²) >= 11 is 0. The molecule has 0 bridgehead atoms. The molecule has 1 aliphatic carbocycles. The highest BCUT2D eigenvalue weighted by Crippen LogP contribution is 2.37. The molecule has 188 valence electrons. The standard InChI is InChI=1S/C30H22N2O6/c1-37-19-11-7-17(8-12-19)29(35)31-23-15-16-24(32-30(36)18-9-13-20(38-2)14-10-18)26-25(23)27(33)21-5-3-4-6-22(21)28(26)34/h3-16H,1-2H3,(H,31,35)(H,32,36). The molecule has 0 aliphatic heterocycles. The highest BCUT2D eigenvalue weighted by Gasteiger charge is 2.34. The van der Waals surface area contributed by atoms with Gasteiger partial charge in [0, 0.05) is 22.3 Å². The number of amides is 2. The SMILES string of the molecule is COc1ccc(C(=O)Nc2ccc(NC(=O)c3ccc(OC)cc3)c3c2C(=O)c2ccccc2C3=O)cc1. The minimum Gasteiger partial charge on any atom is -0.497 e. The molecule has 0 unspecified atom stereocenters. The monoisotopic (exact) mass is 506 g/mol. The quantitative estimate of drug-likeness (QED) is 0.336. The zero-order valence-corrected chi connectivity index (χ0v) is 20.5. The normalized spacial score (nSPS) is 11.7. The van der Waals surface area contributed by atoms with Gasteiger partial charge < -0.3 is 20.1 Å². The van der Waals surface area contributed by atoms with Gasteiger partial charge in [-0.25, -0.2) is 0 Å². The molecule has 4 aromatic carbocycles. The van der Waals surface area contributed by atoms with Crippen LogP contribution in [0.4, 0.5) is 11.4 Å². The number of hydrogen-bond acceptors (Lipinski definition) is 6. The van der Waals surface area contributed by atoms with E-state index in [-0.39, 0.29) is 33.6 Å². The number of ether oxygens (including phenoxy) is 2. The molecule has 0 saturated carbocycles. The Hall–Kier alpha value is -5.24. The lowest BCUT2D eigenvalue weighted by atomic mass is 9.82. The Bertz CT molecular complexity index is 1470. The lowest BCUT2D eigenvalue weighted by molar-refractivity contribution is 0.0977. The summed E-state index contributed by atoms with van der Waals surface area (Å²) in [6.07, 6.45) is 0. The third kappa shape index (κ3) is 4.39. The largest absolute Gasteiger partial charge is 0.497 e. The Morgan fingerprint density at radius 2 is 0.921 bits per heavy atom. The predicted molar refractivity (Wildman–Crippen MR) is 142 cm³/mol. The number of fused-ring (bicyclic) bond motifs is 2. The lowest BCUT2D eigenvalue weighted by Gasteiger charge is -2.23. The zero-order valence-electron chi connectivity index (χ0n) is 20.5. The van der Waals surface area contributed by atoms with Crippen LogP contribution in [0.5, 0.6) is 11.5 Å². The molecule has 0 heterocycles. The van der Waals surface area contributed by atoms with Crippen LogP contribution in [0.15, 0.2) is 84.9 Å². The van der Waals surface area contributed by atoms with Gasteiger partial charge in [-0.1, -0.05) is 24.3 Å². The van der Waals surface area contributed by atoms with Crippen LogP contribution >= 0.6 is 0 Å². The van der Waals surface area contributed by atoms with Gasteiger partial charge in [-0.15, -0.1) is 0 Å². The predicted octanol–water partition coefficient (Wildman–Crippen LogP) is 4.98. The summed E-state index contributed by atoms with van der Waals surface area (Å²) in [6, 6.07) is 22.4. The fraction of sp³-hybridized carbons (Fsp3) is 0.0667. The van der Waals surface area contributed by atoms with Crippen molar-refractivity contribution in [2.45, 2.75) is 0 Å². The molecule has 0 atom stereocenters. The highest BCUT2D eigenvalue weighted by molar-refractivity contribution is 6.33. The van der Waals surface area contributed by atoms with Crippen LogP contribution in [0.3, 0.4) is 0 Å². The van der Waals surface area contributed by atoms with Gasteiger partial charge in [0.05, 0.1) is 36.7 Å². The van der Waals surface area contributed by atoms with Gasteiger partial charge in [-0.05, 0) is 60.7 Å². The van der Waals surface area contributed by atoms with Gasteiger partial charge >= 0.3 is 0 Å². The summed E-state index contributed by atoms with van der Waals surface area (Å²) in [5, 5.41) is 5.50. The molecule has 0 fully saturated rings. The van der Waals surface area contributed by atoms with Crippen molar-refractivity contribution in [1.82, 2.24) is 0 Å². The zero-order chi connectivity index (χ0) is 26.8. The summed E-state index contributed by atoms with van der Waals surface area (Å²) in [6.45, 7) is 0. The molecule has 38 heavy (non-hydrogen) atoms. The number of nitrogens with one attached hydrogen (secondary N) is 2. The van der Waals surface area contributed by atoms with E-state index in [0.717, 1.165) is 0 Å². The van der Waals surface area contributed by atoms with E-state index in [4.69, 9.17) is 9.47 Å². The number of methoxy groups -OCH3 is 2. The van der Waals surface area contributed by atoms with Gasteiger partial charge in [-0.2, -0.15) is 0 Å². The molecule has 1 aliphatic rings. The van der Waals surface area contributed by atoms with Gasteiger partial charge in [0.25, 0.3) is 11.8 Å². The van der Waals surface area contributed by atoms with Crippen LogP contribution in [0.25, 0.3) is 0 Å². The van der Waals surface area contributed by atoms with Crippen molar-refractivity contribution in [3.8, 4) is 11.5 Å². The molecule has 8 heteroatoms. The fourth-order valence-electron chi connectivity index (χ4n) is 4.30. The van der Waals surface area contributed by atoms with Crippen molar-refractivity contribution in [3.05, 3.63) is 118 Å². The van der Waals surface area contributed by atoms with Crippen molar-refractivity contribution in [1.29, 1.82) is 0 Å². The van der Waals surface area contributed by atoms with E-state index in [1.54, 1.807) is 72.8 Å². The minimum absolute atomic E-state index is 0.0168. The number of carbonyl (C=O) groups is 4. The second-order valence-electron chi connectivity index (χ2n) is 8.48. The first-order valence-corrected chi connectivity index (χ1v) is 11.7. The Kier molecular flexibility index (Phi) is 6.45. The Morgan fingerprint density at radius 1 is 0.553 bits per heavy atom. The second-order valence-corrected chi connectivity index (χ2v) is 8.48. The second kappa shape index (κ2) is 10.0. The molecule has 4 aromatic rings. The number of rotatable bonds is 6. The van der Waals surface area contributed by atoms with Crippen molar-refractivity contribution in [2.24, 2.45) is 0 Å². The van der Waals surface area contributed by atoms with Crippen molar-refractivity contribution in [3.63, 3.8) is 0 Å². The maximum Gasteiger partial charge on any atom is 0.255 e. The van der Waals surface area contributed by atoms with E-state index >= 15 is 0 Å². The summed E-state index contributed by atoms with van der Waals surface area (Å²) in [5.74, 6) is -0.615. The molecule has 0 saturated heterocycles. The maximum atomic E-state index is 13.6. The Labute approximate surface area is 218 Å². The number of benzene rings is 4. The molecular weight excluding hydrogens is 484 g/mol. The molecular formula is C30H22N2O6. The molecule has 0 aromatic heterocycles. The average Bonchev–Trinajstić information content (AvgIpc) is 2.96. The van der Waals surface area contributed by atoms with Crippen LogP contribution in [-0.2, 0) is 0 Å². The van der Waals surface area contributed by atoms with Crippen LogP contribution < -0.4 is 20.1 Å². The maximum absolute atomic E-state index is 13.6. The average molecular weight is 507 g/mol. The number of carbonyl (C=O) groups excluding carboxylic acids is 4. The van der Waals surface area contributed by atoms with E-state index in [1.165, 1.54) is 26.4 Å². The smallest absolute Gasteiger partial charge is 0.255 e. The summed E-state index contributed by atoms with van der Waals surface area (Å²) in [7, 11) is 3.05. The van der Waals surface area contributed by atoms with E-state index in [0.29, 0.717) is 22.6 Å². The van der Waals surface area contributed by atoms with Gasteiger partial charge in [0.15, 0.2) is 11.6 Å². The minimum atomic E-state index is -0.469. The Morgan fingerprint density at radius 3 is 1.26 bits per heavy atom. The van der Waals surface area contributed by atoms with E-state index in [2.05, 4.69) is 10.6 Å². The lowest BCUT2D eigenvalue weighted by Crippen LogP contribution is -2.26. The molecule has 0 radical (unpaired) electrons. The van der Waals surface area contributed by atoms with Gasteiger partial charge in [0.1, 0.15) is 11.5 Å². The Balaban J connectivity index is 1.55. The molecule has 0 spiro atoms. The summed E-state index contributed by atoms with van der Waals surface area (Å²) in [5.41, 5.74) is 1.49. The molecule has 2 amide bonds. The number of ketones is 2. The van der Waals surface area contributed by atoms with Crippen molar-refractivity contribution in [2.75, 3.05) is 24.9 Å². The van der Waals surface area contributed by atoms with Crippen LogP contribution in [0.2, 0.25) is 0 Å². The van der Waals surface area contributed by atoms with Crippen LogP contribution in [-0.4, -0.2) is 37.6 Å². The summed E-state index contributed by atoms with van der Waals surface area (Å²) < 4.78 is 10.3. The van der Waals surface area contributed by atoms with E-state index in [1.807, 2.05) is 0 Å². The first-order chi connectivity index (χ1) is 18.4. The van der Waals surface area contributed by atoms with Gasteiger partial charge in [-0.3, -0.25) is 19.2 Å². The number of anilines is 2. The third-order valence-corrected chi connectivity index (χ3v) is 6.28. The highest BCUT2D eigenvalue weighted by atomic mass is 16.5. The van der Waals surface area contributed by atoms with Crippen LogP contribution in [0, 0.1) is 0 Å². The first kappa shape index (κ1) is 24.5. The van der Waals surface area contributed by atoms with Crippen molar-refractivity contribution >= 4 is 34.8 Å². The number of hydrogen-bond donors (Lipinski definition) is 2. The van der Waals surface area contributed by atoms with Crippen molar-refractivity contribution < 1.29 is 28.7 Å². The molecule has 2 N–H and O–H groups in total. The van der Waals surface area contributed by atoms with Gasteiger partial charge in [0.2, 0.25) is 0 Å². The molecule has 8 nitrogen and oxygen atoms in total. The van der Waals surface area contributed by atoms with Crippen LogP contribution in [0.1, 0.15) is 52.6 Å². The summed E-state index contributed by atoms with van der Waals surface area (Å²) in [4.78, 5) is 53.2. The third-order valence-electron chi connectivity index (χ3n) is 6.28. The van der Waals surface area contributed by atoms with E-state index < -0.39 is 23.4 Å². The van der Waals surface area contributed by atoms with E-state index in [9.17, 15) is 19.2 Å². The molecule has 5 rings (SSSR count). The first-order valence-electron chi connectivity index (χ1n) is 11.7.